The average molecular weight is 336 g/mol. The van der Waals surface area contributed by atoms with Gasteiger partial charge < -0.3 is 5.32 Å². The molecule has 0 saturated heterocycles. The van der Waals surface area contributed by atoms with Gasteiger partial charge in [-0.25, -0.2) is 13.2 Å². The third kappa shape index (κ3) is 3.49. The summed E-state index contributed by atoms with van der Waals surface area (Å²) >= 11 is 3.48. The number of hydrogen-bond donors (Lipinski definition) is 1. The number of benzene rings is 1. The lowest BCUT2D eigenvalue weighted by Gasteiger charge is -2.26. The van der Waals surface area contributed by atoms with Crippen molar-refractivity contribution in [1.29, 1.82) is 0 Å². The third-order valence-electron chi connectivity index (χ3n) is 3.23. The lowest BCUT2D eigenvalue weighted by molar-refractivity contribution is 0.0919. The molecule has 2 rings (SSSR count). The molecule has 0 aliphatic heterocycles. The highest BCUT2D eigenvalue weighted by atomic mass is 79.9. The number of nitrogens with one attached hydrogen (secondary N) is 1. The molecule has 2 nitrogen and oxygen atoms in total. The first kappa shape index (κ1) is 14.4. The van der Waals surface area contributed by atoms with Crippen LogP contribution in [0.15, 0.2) is 12.1 Å². The van der Waals surface area contributed by atoms with Crippen molar-refractivity contribution in [3.63, 3.8) is 0 Å². The van der Waals surface area contributed by atoms with Gasteiger partial charge in [0.1, 0.15) is 23.0 Å². The van der Waals surface area contributed by atoms with Crippen molar-refractivity contribution in [3.8, 4) is 0 Å². The van der Waals surface area contributed by atoms with E-state index in [0.717, 1.165) is 25.7 Å². The van der Waals surface area contributed by atoms with Crippen LogP contribution in [0.25, 0.3) is 0 Å². The van der Waals surface area contributed by atoms with Gasteiger partial charge in [-0.2, -0.15) is 0 Å². The van der Waals surface area contributed by atoms with Crippen molar-refractivity contribution in [3.05, 3.63) is 35.1 Å². The third-order valence-corrected chi connectivity index (χ3v) is 4.14. The first-order chi connectivity index (χ1) is 8.97. The van der Waals surface area contributed by atoms with Crippen LogP contribution in [0.4, 0.5) is 13.2 Å². The lowest BCUT2D eigenvalue weighted by atomic mass is 9.95. The Kier molecular flexibility index (Phi) is 4.50. The maximum atomic E-state index is 13.4. The van der Waals surface area contributed by atoms with Crippen LogP contribution in [0.5, 0.6) is 0 Å². The summed E-state index contributed by atoms with van der Waals surface area (Å²) in [6.45, 7) is 0. The maximum Gasteiger partial charge on any atom is 0.257 e. The fraction of sp³-hybridized carbons (Fsp3) is 0.462. The topological polar surface area (TPSA) is 29.1 Å². The van der Waals surface area contributed by atoms with Crippen molar-refractivity contribution >= 4 is 21.8 Å². The van der Waals surface area contributed by atoms with E-state index in [9.17, 15) is 18.0 Å². The Hall–Kier alpha value is -1.04. The molecular formula is C13H13BrF3NO. The highest BCUT2D eigenvalue weighted by Gasteiger charge is 2.24. The van der Waals surface area contributed by atoms with E-state index < -0.39 is 28.9 Å². The summed E-state index contributed by atoms with van der Waals surface area (Å²) in [6.07, 6.45) is 3.32. The Labute approximate surface area is 117 Å². The van der Waals surface area contributed by atoms with E-state index in [1.807, 2.05) is 0 Å². The standard InChI is InChI=1S/C13H13BrF3NO/c14-7-1-3-9(4-2-7)18-13(19)12-10(16)5-8(15)6-11(12)17/h5-7,9H,1-4H2,(H,18,19). The second-order valence-electron chi connectivity index (χ2n) is 4.67. The van der Waals surface area contributed by atoms with Crippen LogP contribution < -0.4 is 5.32 Å². The molecule has 0 bridgehead atoms. The molecule has 0 atom stereocenters. The fourth-order valence-electron chi connectivity index (χ4n) is 2.21. The fourth-order valence-corrected chi connectivity index (χ4v) is 2.74. The Morgan fingerprint density at radius 2 is 1.63 bits per heavy atom. The van der Waals surface area contributed by atoms with Gasteiger partial charge in [-0.05, 0) is 25.7 Å². The molecule has 1 aliphatic rings. The van der Waals surface area contributed by atoms with Crippen LogP contribution in [0.3, 0.4) is 0 Å². The Balaban J connectivity index is 2.08. The van der Waals surface area contributed by atoms with Crippen LogP contribution in [0, 0.1) is 17.5 Å². The highest BCUT2D eigenvalue weighted by molar-refractivity contribution is 9.09. The van der Waals surface area contributed by atoms with Crippen LogP contribution in [-0.2, 0) is 0 Å². The number of carbonyl (C=O) groups excluding carboxylic acids is 1. The molecule has 1 saturated carbocycles. The van der Waals surface area contributed by atoms with E-state index in [1.54, 1.807) is 0 Å². The maximum absolute atomic E-state index is 13.4. The molecule has 1 aromatic rings. The summed E-state index contributed by atoms with van der Waals surface area (Å²) in [5, 5.41) is 2.59. The molecule has 6 heteroatoms. The number of amides is 1. The number of rotatable bonds is 2. The molecule has 1 amide bonds. The molecular weight excluding hydrogens is 323 g/mol. The zero-order chi connectivity index (χ0) is 14.0. The second kappa shape index (κ2) is 5.94. The summed E-state index contributed by atoms with van der Waals surface area (Å²) < 4.78 is 39.6. The molecule has 19 heavy (non-hydrogen) atoms. The van der Waals surface area contributed by atoms with Crippen LogP contribution >= 0.6 is 15.9 Å². The first-order valence-electron chi connectivity index (χ1n) is 6.07. The van der Waals surface area contributed by atoms with Crippen LogP contribution in [0.2, 0.25) is 0 Å². The second-order valence-corrected chi connectivity index (χ2v) is 5.96. The molecule has 1 aliphatic carbocycles. The van der Waals surface area contributed by atoms with Crippen molar-refractivity contribution in [2.45, 2.75) is 36.6 Å². The summed E-state index contributed by atoms with van der Waals surface area (Å²) in [7, 11) is 0. The van der Waals surface area contributed by atoms with Gasteiger partial charge in [0.15, 0.2) is 0 Å². The van der Waals surface area contributed by atoms with Gasteiger partial charge in [-0.15, -0.1) is 0 Å². The minimum Gasteiger partial charge on any atom is -0.349 e. The number of carbonyl (C=O) groups is 1. The Morgan fingerprint density at radius 1 is 1.11 bits per heavy atom. The molecule has 0 unspecified atom stereocenters. The van der Waals surface area contributed by atoms with E-state index in [0.29, 0.717) is 17.0 Å². The van der Waals surface area contributed by atoms with E-state index >= 15 is 0 Å². The van der Waals surface area contributed by atoms with E-state index in [2.05, 4.69) is 21.2 Å². The van der Waals surface area contributed by atoms with Gasteiger partial charge >= 0.3 is 0 Å². The normalized spacial score (nSPS) is 23.2. The number of hydrogen-bond acceptors (Lipinski definition) is 1. The minimum absolute atomic E-state index is 0.0925. The van der Waals surface area contributed by atoms with Gasteiger partial charge in [0.25, 0.3) is 5.91 Å². The summed E-state index contributed by atoms with van der Waals surface area (Å²) in [5.41, 5.74) is -0.720. The van der Waals surface area contributed by atoms with Gasteiger partial charge in [0.2, 0.25) is 0 Å². The molecule has 0 heterocycles. The first-order valence-corrected chi connectivity index (χ1v) is 6.98. The van der Waals surface area contributed by atoms with Crippen molar-refractivity contribution < 1.29 is 18.0 Å². The Morgan fingerprint density at radius 3 is 2.16 bits per heavy atom. The van der Waals surface area contributed by atoms with E-state index in [4.69, 9.17) is 0 Å². The summed E-state index contributed by atoms with van der Waals surface area (Å²) in [6, 6.07) is 0.922. The number of alkyl halides is 1. The summed E-state index contributed by atoms with van der Waals surface area (Å²) in [4.78, 5) is 12.3. The molecule has 1 fully saturated rings. The molecule has 1 aromatic carbocycles. The molecule has 0 radical (unpaired) electrons. The predicted octanol–water partition coefficient (Wildman–Crippen LogP) is 3.54. The minimum atomic E-state index is -1.18. The monoisotopic (exact) mass is 335 g/mol. The van der Waals surface area contributed by atoms with E-state index in [1.165, 1.54) is 0 Å². The molecule has 0 spiro atoms. The molecule has 104 valence electrons. The largest absolute Gasteiger partial charge is 0.349 e. The summed E-state index contributed by atoms with van der Waals surface area (Å²) in [5.74, 6) is -4.22. The van der Waals surface area contributed by atoms with Crippen molar-refractivity contribution in [1.82, 2.24) is 5.32 Å². The van der Waals surface area contributed by atoms with Crippen molar-refractivity contribution in [2.75, 3.05) is 0 Å². The average Bonchev–Trinajstić information content (AvgIpc) is 2.30. The zero-order valence-corrected chi connectivity index (χ0v) is 11.6. The van der Waals surface area contributed by atoms with Gasteiger partial charge in [-0.1, -0.05) is 15.9 Å². The molecule has 0 aromatic heterocycles. The predicted molar refractivity (Wildman–Crippen MR) is 68.8 cm³/mol. The lowest BCUT2D eigenvalue weighted by Crippen LogP contribution is -2.38. The van der Waals surface area contributed by atoms with Crippen molar-refractivity contribution in [2.24, 2.45) is 0 Å². The van der Waals surface area contributed by atoms with Gasteiger partial charge in [-0.3, -0.25) is 4.79 Å². The smallest absolute Gasteiger partial charge is 0.257 e. The Bertz CT molecular complexity index is 464. The van der Waals surface area contributed by atoms with Crippen LogP contribution in [0.1, 0.15) is 36.0 Å². The quantitative estimate of drug-likeness (QED) is 0.823. The van der Waals surface area contributed by atoms with E-state index in [-0.39, 0.29) is 6.04 Å². The zero-order valence-electron chi connectivity index (χ0n) is 10.1. The molecule has 1 N–H and O–H groups in total. The SMILES string of the molecule is O=C(NC1CCC(Br)CC1)c1c(F)cc(F)cc1F. The van der Waals surface area contributed by atoms with Crippen LogP contribution in [-0.4, -0.2) is 16.8 Å². The van der Waals surface area contributed by atoms with Gasteiger partial charge in [0, 0.05) is 23.0 Å². The number of halogens is 4. The van der Waals surface area contributed by atoms with Gasteiger partial charge in [0.05, 0.1) is 0 Å². The highest BCUT2D eigenvalue weighted by Crippen LogP contribution is 2.24.